The second kappa shape index (κ2) is 5.31. The summed E-state index contributed by atoms with van der Waals surface area (Å²) in [5, 5.41) is 13.3. The summed E-state index contributed by atoms with van der Waals surface area (Å²) in [6.07, 6.45) is 3.36. The second-order valence-corrected chi connectivity index (χ2v) is 5.90. The van der Waals surface area contributed by atoms with Gasteiger partial charge in [-0.15, -0.1) is 0 Å². The van der Waals surface area contributed by atoms with Gasteiger partial charge in [0, 0.05) is 33.5 Å². The first-order valence-electron chi connectivity index (χ1n) is 7.41. The zero-order chi connectivity index (χ0) is 15.1. The average Bonchev–Trinajstić information content (AvgIpc) is 2.88. The number of rotatable bonds is 3. The van der Waals surface area contributed by atoms with E-state index in [1.165, 1.54) is 11.1 Å². The maximum atomic E-state index is 9.23. The summed E-state index contributed by atoms with van der Waals surface area (Å²) >= 11 is 6.44. The Balaban J connectivity index is 2.18. The van der Waals surface area contributed by atoms with Gasteiger partial charge in [-0.25, -0.2) is 0 Å². The molecule has 110 valence electrons. The Morgan fingerprint density at radius 2 is 1.82 bits per heavy atom. The number of aryl methyl sites for hydroxylation is 1. The fourth-order valence-electron chi connectivity index (χ4n) is 3.31. The molecule has 1 aliphatic carbocycles. The summed E-state index contributed by atoms with van der Waals surface area (Å²) in [4.78, 5) is 0. The fraction of sp³-hybridized carbons (Fsp3) is 0.158. The molecule has 0 unspecified atom stereocenters. The van der Waals surface area contributed by atoms with E-state index in [1.54, 1.807) is 6.26 Å². The Labute approximate surface area is 133 Å². The first-order valence-corrected chi connectivity index (χ1v) is 7.79. The van der Waals surface area contributed by atoms with Crippen molar-refractivity contribution >= 4 is 33.3 Å². The molecule has 0 fully saturated rings. The third-order valence-corrected chi connectivity index (χ3v) is 4.54. The van der Waals surface area contributed by atoms with Crippen molar-refractivity contribution < 1.29 is 9.52 Å². The molecule has 0 saturated heterocycles. The lowest BCUT2D eigenvalue weighted by molar-refractivity contribution is 0.289. The first kappa shape index (κ1) is 13.6. The molecule has 1 N–H and O–H groups in total. The van der Waals surface area contributed by atoms with Crippen molar-refractivity contribution in [1.82, 2.24) is 0 Å². The van der Waals surface area contributed by atoms with Crippen LogP contribution in [0.15, 0.2) is 53.1 Å². The molecular weight excluding hydrogens is 296 g/mol. The maximum absolute atomic E-state index is 9.23. The molecule has 0 aromatic heterocycles. The van der Waals surface area contributed by atoms with Crippen molar-refractivity contribution in [1.29, 1.82) is 0 Å². The highest BCUT2D eigenvalue weighted by Gasteiger charge is 2.22. The molecule has 0 saturated carbocycles. The van der Waals surface area contributed by atoms with Gasteiger partial charge in [0.1, 0.15) is 5.58 Å². The van der Waals surface area contributed by atoms with Crippen LogP contribution in [0.1, 0.15) is 12.0 Å². The molecule has 0 spiro atoms. The van der Waals surface area contributed by atoms with Crippen LogP contribution in [0, 0.1) is 0 Å². The Bertz CT molecular complexity index is 939. The monoisotopic (exact) mass is 310 g/mol. The van der Waals surface area contributed by atoms with E-state index in [4.69, 9.17) is 16.0 Å². The molecule has 3 heteroatoms. The Morgan fingerprint density at radius 1 is 1.00 bits per heavy atom. The third kappa shape index (κ3) is 1.92. The molecule has 4 rings (SSSR count). The maximum Gasteiger partial charge on any atom is 0.134 e. The molecule has 0 bridgehead atoms. The van der Waals surface area contributed by atoms with Crippen LogP contribution in [-0.2, 0) is 6.42 Å². The molecule has 22 heavy (non-hydrogen) atoms. The van der Waals surface area contributed by atoms with Gasteiger partial charge in [0.2, 0.25) is 0 Å². The lowest BCUT2D eigenvalue weighted by atomic mass is 9.99. The normalized spacial score (nSPS) is 11.7. The van der Waals surface area contributed by atoms with Gasteiger partial charge in [0.25, 0.3) is 0 Å². The van der Waals surface area contributed by atoms with E-state index in [2.05, 4.69) is 12.1 Å². The Kier molecular flexibility index (Phi) is 3.29. The number of benzene rings is 2. The van der Waals surface area contributed by atoms with Crippen molar-refractivity contribution in [3.8, 4) is 11.1 Å². The van der Waals surface area contributed by atoms with Crippen LogP contribution in [-0.4, -0.2) is 11.7 Å². The van der Waals surface area contributed by atoms with Gasteiger partial charge in [-0.1, -0.05) is 41.9 Å². The van der Waals surface area contributed by atoms with Gasteiger partial charge >= 0.3 is 0 Å². The topological polar surface area (TPSA) is 33.4 Å². The van der Waals surface area contributed by atoms with Gasteiger partial charge in [-0.05, 0) is 35.9 Å². The van der Waals surface area contributed by atoms with Crippen LogP contribution in [0.2, 0.25) is 5.02 Å². The van der Waals surface area contributed by atoms with Gasteiger partial charge in [-0.2, -0.15) is 0 Å². The van der Waals surface area contributed by atoms with Crippen molar-refractivity contribution in [2.24, 2.45) is 0 Å². The van der Waals surface area contributed by atoms with Gasteiger partial charge in [-0.3, -0.25) is 0 Å². The second-order valence-electron chi connectivity index (χ2n) is 5.49. The molecule has 1 heterocycles. The molecule has 2 aromatic carbocycles. The van der Waals surface area contributed by atoms with E-state index in [1.807, 2.05) is 30.3 Å². The SMILES string of the molecule is OCCCc1c2c3ccccc3occ-2c2c(Cl)cccc12. The molecule has 2 aromatic rings. The molecule has 1 aliphatic heterocycles. The van der Waals surface area contributed by atoms with Crippen molar-refractivity contribution in [2.75, 3.05) is 6.61 Å². The highest BCUT2D eigenvalue weighted by Crippen LogP contribution is 2.46. The van der Waals surface area contributed by atoms with E-state index >= 15 is 0 Å². The Morgan fingerprint density at radius 3 is 2.68 bits per heavy atom. The van der Waals surface area contributed by atoms with Gasteiger partial charge in [0.15, 0.2) is 0 Å². The average molecular weight is 311 g/mol. The van der Waals surface area contributed by atoms with E-state index in [0.29, 0.717) is 0 Å². The van der Waals surface area contributed by atoms with Gasteiger partial charge < -0.3 is 9.52 Å². The van der Waals surface area contributed by atoms with E-state index in [0.717, 1.165) is 45.2 Å². The quantitative estimate of drug-likeness (QED) is 0.559. The third-order valence-electron chi connectivity index (χ3n) is 4.22. The van der Waals surface area contributed by atoms with Crippen LogP contribution >= 0.6 is 11.6 Å². The highest BCUT2D eigenvalue weighted by molar-refractivity contribution is 6.38. The van der Waals surface area contributed by atoms with E-state index < -0.39 is 0 Å². The van der Waals surface area contributed by atoms with Gasteiger partial charge in [0.05, 0.1) is 6.26 Å². The molecule has 0 atom stereocenters. The van der Waals surface area contributed by atoms with Crippen LogP contribution in [0.5, 0.6) is 0 Å². The largest absolute Gasteiger partial charge is 0.464 e. The smallest absolute Gasteiger partial charge is 0.134 e. The summed E-state index contributed by atoms with van der Waals surface area (Å²) in [6, 6.07) is 14.0. The highest BCUT2D eigenvalue weighted by atomic mass is 35.5. The fourth-order valence-corrected chi connectivity index (χ4v) is 3.59. The molecular formula is C19H15ClO2. The predicted octanol–water partition coefficient (Wildman–Crippen LogP) is 5.27. The number of hydrogen-bond acceptors (Lipinski definition) is 2. The minimum atomic E-state index is 0.184. The molecule has 2 nitrogen and oxygen atoms in total. The summed E-state index contributed by atoms with van der Waals surface area (Å²) in [5.41, 5.74) is 4.35. The number of fused-ring (bicyclic) bond motifs is 5. The van der Waals surface area contributed by atoms with Crippen molar-refractivity contribution in [3.63, 3.8) is 0 Å². The number of hydrogen-bond donors (Lipinski definition) is 1. The Hall–Kier alpha value is -2.03. The van der Waals surface area contributed by atoms with E-state index in [9.17, 15) is 5.11 Å². The summed E-state index contributed by atoms with van der Waals surface area (Å²) in [6.45, 7) is 0.184. The van der Waals surface area contributed by atoms with Crippen LogP contribution in [0.4, 0.5) is 0 Å². The lowest BCUT2D eigenvalue weighted by Gasteiger charge is -2.08. The van der Waals surface area contributed by atoms with Crippen LogP contribution in [0.25, 0.3) is 32.9 Å². The zero-order valence-electron chi connectivity index (χ0n) is 12.0. The summed E-state index contributed by atoms with van der Waals surface area (Å²) < 4.78 is 5.80. The number of para-hydroxylation sites is 1. The zero-order valence-corrected chi connectivity index (χ0v) is 12.7. The van der Waals surface area contributed by atoms with Crippen LogP contribution < -0.4 is 0 Å². The predicted molar refractivity (Wildman–Crippen MR) is 90.8 cm³/mol. The standard InChI is InChI=1S/C19H15ClO2/c20-16-8-3-6-13-12(7-4-10-21)18-14-5-1-2-9-17(14)22-11-15(18)19(13)16/h1-3,5-6,8-9,11,21H,4,7,10H2. The summed E-state index contributed by atoms with van der Waals surface area (Å²) in [5.74, 6) is 0. The number of aliphatic hydroxyl groups excluding tert-OH is 1. The number of halogens is 1. The van der Waals surface area contributed by atoms with Crippen molar-refractivity contribution in [3.05, 3.63) is 59.3 Å². The summed E-state index contributed by atoms with van der Waals surface area (Å²) in [7, 11) is 0. The van der Waals surface area contributed by atoms with Crippen LogP contribution in [0.3, 0.4) is 0 Å². The first-order chi connectivity index (χ1) is 10.8. The minimum Gasteiger partial charge on any atom is -0.464 e. The lowest BCUT2D eigenvalue weighted by Crippen LogP contribution is -1.91. The number of aliphatic hydroxyl groups is 1. The molecule has 2 aliphatic rings. The minimum absolute atomic E-state index is 0.184. The van der Waals surface area contributed by atoms with E-state index in [-0.39, 0.29) is 6.61 Å². The molecule has 0 amide bonds. The molecule has 0 radical (unpaired) electrons. The van der Waals surface area contributed by atoms with Crippen molar-refractivity contribution in [2.45, 2.75) is 12.8 Å².